The Labute approximate surface area is 83.5 Å². The van der Waals surface area contributed by atoms with Gasteiger partial charge in [0.15, 0.2) is 0 Å². The van der Waals surface area contributed by atoms with Crippen molar-refractivity contribution >= 4 is 18.1 Å². The molecule has 1 aromatic carbocycles. The minimum Gasteiger partial charge on any atom is -0.326 e. The number of fused-ring (bicyclic) bond motifs is 1. The molecule has 4 heteroatoms. The highest BCUT2D eigenvalue weighted by Gasteiger charge is 2.19. The van der Waals surface area contributed by atoms with Gasteiger partial charge in [0.05, 0.1) is 12.2 Å². The van der Waals surface area contributed by atoms with Gasteiger partial charge in [-0.15, -0.1) is 12.4 Å². The Kier molecular flexibility index (Phi) is 3.14. The molecule has 13 heavy (non-hydrogen) atoms. The maximum atomic E-state index is 9.49. The molecule has 1 aromatic rings. The molecule has 0 aromatic heterocycles. The lowest BCUT2D eigenvalue weighted by molar-refractivity contribution is 0.238. The summed E-state index contributed by atoms with van der Waals surface area (Å²) < 4.78 is 0. The third-order valence-corrected chi connectivity index (χ3v) is 2.16. The molecule has 0 amide bonds. The lowest BCUT2D eigenvalue weighted by Gasteiger charge is -2.29. The van der Waals surface area contributed by atoms with E-state index in [1.54, 1.807) is 0 Å². The van der Waals surface area contributed by atoms with E-state index < -0.39 is 0 Å². The van der Waals surface area contributed by atoms with Crippen molar-refractivity contribution in [1.82, 2.24) is 0 Å². The van der Waals surface area contributed by atoms with E-state index in [9.17, 15) is 5.21 Å². The van der Waals surface area contributed by atoms with Crippen LogP contribution in [0, 0.1) is 0 Å². The Hall–Kier alpha value is -0.770. The van der Waals surface area contributed by atoms with E-state index in [2.05, 4.69) is 0 Å². The van der Waals surface area contributed by atoms with Gasteiger partial charge in [-0.25, -0.2) is 0 Å². The fourth-order valence-corrected chi connectivity index (χ4v) is 1.60. The van der Waals surface area contributed by atoms with E-state index in [4.69, 9.17) is 5.73 Å². The van der Waals surface area contributed by atoms with Crippen LogP contribution in [0.4, 0.5) is 5.69 Å². The number of nitrogens with zero attached hydrogens (tertiary/aromatic N) is 1. The summed E-state index contributed by atoms with van der Waals surface area (Å²) in [6, 6.07) is 7.83. The van der Waals surface area contributed by atoms with Crippen molar-refractivity contribution in [2.24, 2.45) is 5.73 Å². The molecular formula is C9H13ClN2O. The summed E-state index contributed by atoms with van der Waals surface area (Å²) in [6.45, 7) is 0.525. The second-order valence-electron chi connectivity index (χ2n) is 3.18. The van der Waals surface area contributed by atoms with Crippen molar-refractivity contribution < 1.29 is 5.21 Å². The number of nitrogens with two attached hydrogens (primary N) is 1. The van der Waals surface area contributed by atoms with Crippen molar-refractivity contribution in [1.29, 1.82) is 0 Å². The molecule has 0 radical (unpaired) electrons. The topological polar surface area (TPSA) is 49.5 Å². The standard InChI is InChI=1S/C9H12N2O.ClH/c10-8-5-7-3-1-2-4-9(7)11(12)6-8;/h1-4,8,12H,5-6,10H2;1H/t8-;/m1./s1. The normalized spacial score (nSPS) is 20.5. The van der Waals surface area contributed by atoms with E-state index in [1.165, 1.54) is 5.06 Å². The molecule has 1 aliphatic heterocycles. The lowest BCUT2D eigenvalue weighted by atomic mass is 10.0. The third kappa shape index (κ3) is 1.94. The van der Waals surface area contributed by atoms with Gasteiger partial charge in [-0.05, 0) is 18.1 Å². The van der Waals surface area contributed by atoms with Crippen LogP contribution >= 0.6 is 12.4 Å². The van der Waals surface area contributed by atoms with Gasteiger partial charge in [0.1, 0.15) is 0 Å². The molecule has 0 fully saturated rings. The van der Waals surface area contributed by atoms with Crippen LogP contribution in [0.3, 0.4) is 0 Å². The maximum absolute atomic E-state index is 9.49. The first-order valence-corrected chi connectivity index (χ1v) is 4.07. The predicted octanol–water partition coefficient (Wildman–Crippen LogP) is 1.19. The van der Waals surface area contributed by atoms with Gasteiger partial charge in [-0.3, -0.25) is 10.3 Å². The van der Waals surface area contributed by atoms with Crippen molar-refractivity contribution in [3.05, 3.63) is 29.8 Å². The maximum Gasteiger partial charge on any atom is 0.0667 e. The monoisotopic (exact) mass is 200 g/mol. The Bertz CT molecular complexity index is 293. The first kappa shape index (κ1) is 10.3. The second-order valence-corrected chi connectivity index (χ2v) is 3.18. The van der Waals surface area contributed by atoms with E-state index in [0.29, 0.717) is 6.54 Å². The van der Waals surface area contributed by atoms with Crippen LogP contribution in [0.5, 0.6) is 0 Å². The fraction of sp³-hybridized carbons (Fsp3) is 0.333. The van der Waals surface area contributed by atoms with Crippen LogP contribution in [0.1, 0.15) is 5.56 Å². The fourth-order valence-electron chi connectivity index (χ4n) is 1.60. The van der Waals surface area contributed by atoms with Crippen molar-refractivity contribution in [3.63, 3.8) is 0 Å². The second kappa shape index (κ2) is 3.96. The van der Waals surface area contributed by atoms with Crippen molar-refractivity contribution in [2.75, 3.05) is 11.6 Å². The Morgan fingerprint density at radius 1 is 1.38 bits per heavy atom. The summed E-state index contributed by atoms with van der Waals surface area (Å²) in [5, 5.41) is 10.7. The minimum atomic E-state index is 0. The van der Waals surface area contributed by atoms with Crippen LogP contribution in [0.25, 0.3) is 0 Å². The van der Waals surface area contributed by atoms with Crippen LogP contribution < -0.4 is 10.8 Å². The minimum absolute atomic E-state index is 0. The molecule has 0 saturated carbocycles. The zero-order chi connectivity index (χ0) is 8.55. The van der Waals surface area contributed by atoms with Gasteiger partial charge < -0.3 is 5.73 Å². The highest BCUT2D eigenvalue weighted by atomic mass is 35.5. The molecule has 3 N–H and O–H groups in total. The molecule has 0 unspecified atom stereocenters. The van der Waals surface area contributed by atoms with Crippen LogP contribution in [0.2, 0.25) is 0 Å². The van der Waals surface area contributed by atoms with Crippen LogP contribution in [-0.2, 0) is 6.42 Å². The molecule has 0 bridgehead atoms. The van der Waals surface area contributed by atoms with Crippen LogP contribution in [0.15, 0.2) is 24.3 Å². The average Bonchev–Trinajstić information content (AvgIpc) is 2.04. The summed E-state index contributed by atoms with van der Waals surface area (Å²) >= 11 is 0. The van der Waals surface area contributed by atoms with Gasteiger partial charge in [0.25, 0.3) is 0 Å². The highest BCUT2D eigenvalue weighted by Crippen LogP contribution is 2.24. The number of rotatable bonds is 0. The van der Waals surface area contributed by atoms with Crippen LogP contribution in [-0.4, -0.2) is 17.8 Å². The lowest BCUT2D eigenvalue weighted by Crippen LogP contribution is -2.41. The van der Waals surface area contributed by atoms with Gasteiger partial charge in [0.2, 0.25) is 0 Å². The number of hydrogen-bond donors (Lipinski definition) is 2. The first-order chi connectivity index (χ1) is 5.77. The summed E-state index contributed by atoms with van der Waals surface area (Å²) in [5.41, 5.74) is 7.75. The number of hydrogen-bond acceptors (Lipinski definition) is 3. The summed E-state index contributed by atoms with van der Waals surface area (Å²) in [5.74, 6) is 0. The number of para-hydroxylation sites is 1. The molecular weight excluding hydrogens is 188 g/mol. The van der Waals surface area contributed by atoms with E-state index >= 15 is 0 Å². The SMILES string of the molecule is Cl.N[C@@H]1Cc2ccccc2N(O)C1. The molecule has 1 atom stereocenters. The van der Waals surface area contributed by atoms with E-state index in [1.807, 2.05) is 24.3 Å². The number of hydroxylamine groups is 1. The quantitative estimate of drug-likeness (QED) is 0.662. The Morgan fingerprint density at radius 3 is 2.85 bits per heavy atom. The summed E-state index contributed by atoms with van der Waals surface area (Å²) in [6.07, 6.45) is 0.854. The van der Waals surface area contributed by atoms with Gasteiger partial charge in [0, 0.05) is 6.04 Å². The molecule has 1 heterocycles. The molecule has 0 saturated heterocycles. The smallest absolute Gasteiger partial charge is 0.0667 e. The average molecular weight is 201 g/mol. The van der Waals surface area contributed by atoms with Gasteiger partial charge >= 0.3 is 0 Å². The van der Waals surface area contributed by atoms with Gasteiger partial charge in [-0.2, -0.15) is 0 Å². The van der Waals surface area contributed by atoms with Crippen molar-refractivity contribution in [3.8, 4) is 0 Å². The molecule has 1 aliphatic rings. The summed E-state index contributed by atoms with van der Waals surface area (Å²) in [4.78, 5) is 0. The number of halogens is 1. The Morgan fingerprint density at radius 2 is 2.08 bits per heavy atom. The molecule has 0 aliphatic carbocycles. The highest BCUT2D eigenvalue weighted by molar-refractivity contribution is 5.85. The molecule has 0 spiro atoms. The Balaban J connectivity index is 0.000000845. The van der Waals surface area contributed by atoms with Crippen molar-refractivity contribution in [2.45, 2.75) is 12.5 Å². The van der Waals surface area contributed by atoms with E-state index in [0.717, 1.165) is 17.7 Å². The molecule has 2 rings (SSSR count). The third-order valence-electron chi connectivity index (χ3n) is 2.16. The number of benzene rings is 1. The summed E-state index contributed by atoms with van der Waals surface area (Å²) in [7, 11) is 0. The molecule has 72 valence electrons. The largest absolute Gasteiger partial charge is 0.326 e. The first-order valence-electron chi connectivity index (χ1n) is 4.07. The van der Waals surface area contributed by atoms with Gasteiger partial charge in [-0.1, -0.05) is 18.2 Å². The zero-order valence-corrected chi connectivity index (χ0v) is 8.00. The zero-order valence-electron chi connectivity index (χ0n) is 7.18. The van der Waals surface area contributed by atoms with E-state index in [-0.39, 0.29) is 18.4 Å². The predicted molar refractivity (Wildman–Crippen MR) is 54.5 cm³/mol. The number of anilines is 1. The molecule has 3 nitrogen and oxygen atoms in total.